The van der Waals surface area contributed by atoms with E-state index < -0.39 is 0 Å². The minimum atomic E-state index is 0.844. The smallest absolute Gasteiger partial charge is 0.0429 e. The first kappa shape index (κ1) is 18.2. The second-order valence-electron chi connectivity index (χ2n) is 6.51. The number of anilines is 2. The minimum Gasteiger partial charge on any atom is -0.383 e. The first-order valence-corrected chi connectivity index (χ1v) is 9.59. The summed E-state index contributed by atoms with van der Waals surface area (Å²) in [6.07, 6.45) is 8.71. The standard InChI is InChI=1S/C22H28N4/c1-2-8-14-24-18-20-10-4-6-12-22(20)26-16-15-25-21-11-5-3-9-19(21)17-23-13-7-1/h3-6,9-12,17-18,25-26H,1-2,7-8,13-16H2. The Hall–Kier alpha value is -2.62. The summed E-state index contributed by atoms with van der Waals surface area (Å²) in [5, 5.41) is 7.02. The molecule has 1 aliphatic rings. The molecule has 136 valence electrons. The summed E-state index contributed by atoms with van der Waals surface area (Å²) in [5.74, 6) is 0. The van der Waals surface area contributed by atoms with Crippen molar-refractivity contribution in [3.05, 3.63) is 59.7 Å². The summed E-state index contributed by atoms with van der Waals surface area (Å²) in [5.41, 5.74) is 4.57. The van der Waals surface area contributed by atoms with Gasteiger partial charge < -0.3 is 10.6 Å². The van der Waals surface area contributed by atoms with Crippen LogP contribution < -0.4 is 10.6 Å². The normalized spacial score (nSPS) is 16.3. The molecule has 2 aromatic rings. The van der Waals surface area contributed by atoms with Gasteiger partial charge in [0.25, 0.3) is 0 Å². The highest BCUT2D eigenvalue weighted by atomic mass is 15.0. The van der Waals surface area contributed by atoms with Crippen molar-refractivity contribution < 1.29 is 0 Å². The zero-order valence-electron chi connectivity index (χ0n) is 15.3. The Kier molecular flexibility index (Phi) is 7.26. The Morgan fingerprint density at radius 2 is 1.04 bits per heavy atom. The summed E-state index contributed by atoms with van der Waals surface area (Å²) >= 11 is 0. The molecular formula is C22H28N4. The van der Waals surface area contributed by atoms with Crippen molar-refractivity contribution in [2.24, 2.45) is 9.98 Å². The van der Waals surface area contributed by atoms with E-state index in [9.17, 15) is 0 Å². The summed E-state index contributed by atoms with van der Waals surface area (Å²) in [6, 6.07) is 16.7. The molecule has 26 heavy (non-hydrogen) atoms. The predicted octanol–water partition coefficient (Wildman–Crippen LogP) is 4.62. The van der Waals surface area contributed by atoms with E-state index in [1.165, 1.54) is 12.8 Å². The number of nitrogens with zero attached hydrogens (tertiary/aromatic N) is 2. The van der Waals surface area contributed by atoms with Gasteiger partial charge in [0.15, 0.2) is 0 Å². The lowest BCUT2D eigenvalue weighted by Gasteiger charge is -2.12. The van der Waals surface area contributed by atoms with Gasteiger partial charge in [-0.25, -0.2) is 0 Å². The molecule has 1 aliphatic heterocycles. The van der Waals surface area contributed by atoms with Crippen LogP contribution in [0.5, 0.6) is 0 Å². The van der Waals surface area contributed by atoms with Crippen LogP contribution in [-0.4, -0.2) is 38.6 Å². The quantitative estimate of drug-likeness (QED) is 0.730. The van der Waals surface area contributed by atoms with Crippen molar-refractivity contribution in [3.8, 4) is 0 Å². The fourth-order valence-electron chi connectivity index (χ4n) is 3.02. The second-order valence-corrected chi connectivity index (χ2v) is 6.51. The van der Waals surface area contributed by atoms with Gasteiger partial charge in [-0.1, -0.05) is 49.2 Å². The highest BCUT2D eigenvalue weighted by Gasteiger charge is 2.01. The van der Waals surface area contributed by atoms with E-state index in [1.54, 1.807) is 0 Å². The van der Waals surface area contributed by atoms with E-state index in [2.05, 4.69) is 69.1 Å². The third-order valence-corrected chi connectivity index (χ3v) is 4.46. The topological polar surface area (TPSA) is 48.8 Å². The number of rotatable bonds is 0. The second kappa shape index (κ2) is 10.4. The molecule has 0 bridgehead atoms. The Balaban J connectivity index is 1.70. The van der Waals surface area contributed by atoms with E-state index in [-0.39, 0.29) is 0 Å². The lowest BCUT2D eigenvalue weighted by molar-refractivity contribution is 0.655. The summed E-state index contributed by atoms with van der Waals surface area (Å²) < 4.78 is 0. The van der Waals surface area contributed by atoms with Gasteiger partial charge in [0.05, 0.1) is 0 Å². The van der Waals surface area contributed by atoms with Crippen LogP contribution in [0.4, 0.5) is 11.4 Å². The molecule has 0 saturated carbocycles. The van der Waals surface area contributed by atoms with Gasteiger partial charge in [0.2, 0.25) is 0 Å². The van der Waals surface area contributed by atoms with Crippen LogP contribution in [0.1, 0.15) is 36.8 Å². The van der Waals surface area contributed by atoms with Crippen LogP contribution >= 0.6 is 0 Å². The lowest BCUT2D eigenvalue weighted by Crippen LogP contribution is -2.15. The maximum Gasteiger partial charge on any atom is 0.0429 e. The molecule has 4 nitrogen and oxygen atoms in total. The van der Waals surface area contributed by atoms with E-state index in [4.69, 9.17) is 0 Å². The zero-order chi connectivity index (χ0) is 17.9. The van der Waals surface area contributed by atoms with Crippen molar-refractivity contribution in [2.75, 3.05) is 36.8 Å². The van der Waals surface area contributed by atoms with E-state index >= 15 is 0 Å². The van der Waals surface area contributed by atoms with Gasteiger partial charge in [-0.2, -0.15) is 0 Å². The SMILES string of the molecule is C1=NCCCCCCN=Cc2ccccc2NCCNc2ccccc21. The van der Waals surface area contributed by atoms with Crippen LogP contribution in [0.25, 0.3) is 0 Å². The molecule has 0 spiro atoms. The molecular weight excluding hydrogens is 320 g/mol. The first-order valence-electron chi connectivity index (χ1n) is 9.59. The van der Waals surface area contributed by atoms with E-state index in [1.807, 2.05) is 12.4 Å². The summed E-state index contributed by atoms with van der Waals surface area (Å²) in [7, 11) is 0. The largest absolute Gasteiger partial charge is 0.383 e. The fraction of sp³-hybridized carbons (Fsp3) is 0.364. The molecule has 0 amide bonds. The Morgan fingerprint density at radius 1 is 0.577 bits per heavy atom. The maximum absolute atomic E-state index is 4.60. The van der Waals surface area contributed by atoms with Gasteiger partial charge >= 0.3 is 0 Å². The molecule has 1 heterocycles. The summed E-state index contributed by atoms with van der Waals surface area (Å²) in [4.78, 5) is 9.19. The predicted molar refractivity (Wildman–Crippen MR) is 113 cm³/mol. The molecule has 4 heteroatoms. The fourth-order valence-corrected chi connectivity index (χ4v) is 3.02. The average Bonchev–Trinajstić information content (AvgIpc) is 2.68. The molecule has 0 saturated heterocycles. The molecule has 0 radical (unpaired) electrons. The molecule has 0 fully saturated rings. The number of hydrogen-bond acceptors (Lipinski definition) is 4. The third-order valence-electron chi connectivity index (χ3n) is 4.46. The number of hydrogen-bond donors (Lipinski definition) is 2. The van der Waals surface area contributed by atoms with E-state index in [0.717, 1.165) is 61.5 Å². The van der Waals surface area contributed by atoms with Crippen LogP contribution in [-0.2, 0) is 0 Å². The van der Waals surface area contributed by atoms with E-state index in [0.29, 0.717) is 0 Å². The first-order chi connectivity index (χ1) is 12.9. The van der Waals surface area contributed by atoms with Gasteiger partial charge in [-0.05, 0) is 25.0 Å². The van der Waals surface area contributed by atoms with Crippen LogP contribution in [0.15, 0.2) is 58.5 Å². The van der Waals surface area contributed by atoms with Crippen LogP contribution in [0.2, 0.25) is 0 Å². The molecule has 0 unspecified atom stereocenters. The lowest BCUT2D eigenvalue weighted by atomic mass is 10.1. The Morgan fingerprint density at radius 3 is 1.54 bits per heavy atom. The number of benzene rings is 2. The van der Waals surface area contributed by atoms with Crippen LogP contribution in [0.3, 0.4) is 0 Å². The molecule has 3 rings (SSSR count). The number of para-hydroxylation sites is 2. The number of nitrogens with one attached hydrogen (secondary N) is 2. The van der Waals surface area contributed by atoms with Gasteiger partial charge in [-0.15, -0.1) is 0 Å². The molecule has 0 atom stereocenters. The van der Waals surface area contributed by atoms with Crippen molar-refractivity contribution in [1.29, 1.82) is 0 Å². The third kappa shape index (κ3) is 5.73. The van der Waals surface area contributed by atoms with Crippen molar-refractivity contribution in [2.45, 2.75) is 25.7 Å². The van der Waals surface area contributed by atoms with Crippen molar-refractivity contribution >= 4 is 23.8 Å². The maximum atomic E-state index is 4.60. The molecule has 0 aliphatic carbocycles. The zero-order valence-corrected chi connectivity index (χ0v) is 15.3. The number of aliphatic imine (C=N–C) groups is 2. The van der Waals surface area contributed by atoms with Crippen LogP contribution in [0, 0.1) is 0 Å². The summed E-state index contributed by atoms with van der Waals surface area (Å²) in [6.45, 7) is 3.48. The van der Waals surface area contributed by atoms with Crippen molar-refractivity contribution in [1.82, 2.24) is 0 Å². The molecule has 2 N–H and O–H groups in total. The molecule has 2 aromatic carbocycles. The Labute approximate surface area is 156 Å². The van der Waals surface area contributed by atoms with Gasteiger partial charge in [0.1, 0.15) is 0 Å². The highest BCUT2D eigenvalue weighted by Crippen LogP contribution is 2.15. The minimum absolute atomic E-state index is 0.844. The van der Waals surface area contributed by atoms with Crippen molar-refractivity contribution in [3.63, 3.8) is 0 Å². The van der Waals surface area contributed by atoms with Gasteiger partial charge in [0, 0.05) is 61.1 Å². The van der Waals surface area contributed by atoms with Gasteiger partial charge in [-0.3, -0.25) is 9.98 Å². The monoisotopic (exact) mass is 348 g/mol. The average molecular weight is 348 g/mol. The highest BCUT2D eigenvalue weighted by molar-refractivity contribution is 5.88. The molecule has 0 aromatic heterocycles. The Bertz CT molecular complexity index is 673. The number of fused-ring (bicyclic) bond motifs is 2.